The predicted octanol–water partition coefficient (Wildman–Crippen LogP) is 2.95. The molecule has 0 amide bonds. The highest BCUT2D eigenvalue weighted by Gasteiger charge is 2.30. The van der Waals surface area contributed by atoms with Crippen molar-refractivity contribution in [2.24, 2.45) is 10.7 Å². The average molecular weight is 389 g/mol. The van der Waals surface area contributed by atoms with Crippen LogP contribution in [0.1, 0.15) is 36.8 Å². The van der Waals surface area contributed by atoms with Crippen molar-refractivity contribution in [3.8, 4) is 0 Å². The van der Waals surface area contributed by atoms with Gasteiger partial charge in [-0.2, -0.15) is 0 Å². The number of aliphatic imine (C=N–C) groups is 1. The molecule has 1 saturated carbocycles. The quantitative estimate of drug-likeness (QED) is 0.423. The molecule has 1 aromatic rings. The molecule has 1 aliphatic carbocycles. The van der Waals surface area contributed by atoms with Gasteiger partial charge in [-0.25, -0.2) is 0 Å². The molecule has 0 bridgehead atoms. The standard InChI is InChI=1S/C15H23N3O.HI/c1-11-5-6-13(9-12(11)2)18-14(16)17-10-15(19)7-3-4-8-15;/h5-6,9,19H,3-4,7-8,10H2,1-2H3,(H3,16,17,18);1H. The van der Waals surface area contributed by atoms with Crippen molar-refractivity contribution in [3.05, 3.63) is 29.3 Å². The molecule has 4 N–H and O–H groups in total. The van der Waals surface area contributed by atoms with Gasteiger partial charge < -0.3 is 16.2 Å². The smallest absolute Gasteiger partial charge is 0.193 e. The number of hydrogen-bond donors (Lipinski definition) is 3. The molecule has 1 aliphatic rings. The zero-order chi connectivity index (χ0) is 13.9. The molecular weight excluding hydrogens is 365 g/mol. The normalized spacial score (nSPS) is 17.6. The Hall–Kier alpha value is -0.820. The summed E-state index contributed by atoms with van der Waals surface area (Å²) in [4.78, 5) is 4.26. The third-order valence-electron chi connectivity index (χ3n) is 3.86. The fourth-order valence-corrected chi connectivity index (χ4v) is 2.43. The summed E-state index contributed by atoms with van der Waals surface area (Å²) in [5.41, 5.74) is 8.61. The van der Waals surface area contributed by atoms with Crippen LogP contribution in [0.5, 0.6) is 0 Å². The van der Waals surface area contributed by atoms with Crippen LogP contribution in [-0.2, 0) is 0 Å². The molecule has 0 atom stereocenters. The monoisotopic (exact) mass is 389 g/mol. The van der Waals surface area contributed by atoms with E-state index in [1.54, 1.807) is 0 Å². The second-order valence-corrected chi connectivity index (χ2v) is 5.56. The molecule has 5 heteroatoms. The maximum atomic E-state index is 10.2. The van der Waals surface area contributed by atoms with Crippen LogP contribution in [0.3, 0.4) is 0 Å². The summed E-state index contributed by atoms with van der Waals surface area (Å²) in [5, 5.41) is 13.3. The minimum Gasteiger partial charge on any atom is -0.388 e. The number of anilines is 1. The van der Waals surface area contributed by atoms with Gasteiger partial charge >= 0.3 is 0 Å². The Balaban J connectivity index is 0.00000200. The molecule has 0 heterocycles. The van der Waals surface area contributed by atoms with Crippen molar-refractivity contribution in [2.45, 2.75) is 45.1 Å². The van der Waals surface area contributed by atoms with Crippen molar-refractivity contribution in [3.63, 3.8) is 0 Å². The van der Waals surface area contributed by atoms with Gasteiger partial charge in [0.1, 0.15) is 0 Å². The van der Waals surface area contributed by atoms with Crippen LogP contribution < -0.4 is 11.1 Å². The van der Waals surface area contributed by atoms with Crippen LogP contribution in [0.4, 0.5) is 5.69 Å². The van der Waals surface area contributed by atoms with E-state index in [1.807, 2.05) is 12.1 Å². The van der Waals surface area contributed by atoms with Gasteiger partial charge in [0, 0.05) is 5.69 Å². The SMILES string of the molecule is Cc1ccc(NC(N)=NCC2(O)CCCC2)cc1C.I. The Bertz CT molecular complexity index is 482. The van der Waals surface area contributed by atoms with Gasteiger partial charge in [0.2, 0.25) is 0 Å². The van der Waals surface area contributed by atoms with Gasteiger partial charge in [0.05, 0.1) is 12.1 Å². The van der Waals surface area contributed by atoms with Gasteiger partial charge in [0.15, 0.2) is 5.96 Å². The molecule has 0 spiro atoms. The van der Waals surface area contributed by atoms with Gasteiger partial charge in [-0.1, -0.05) is 18.9 Å². The lowest BCUT2D eigenvalue weighted by Gasteiger charge is -2.19. The van der Waals surface area contributed by atoms with Crippen LogP contribution >= 0.6 is 24.0 Å². The first kappa shape index (κ1) is 17.2. The second-order valence-electron chi connectivity index (χ2n) is 5.56. The molecule has 1 fully saturated rings. The van der Waals surface area contributed by atoms with E-state index in [1.165, 1.54) is 11.1 Å². The fourth-order valence-electron chi connectivity index (χ4n) is 2.43. The number of aliphatic hydroxyl groups is 1. The highest BCUT2D eigenvalue weighted by atomic mass is 127. The maximum absolute atomic E-state index is 10.2. The molecule has 112 valence electrons. The number of rotatable bonds is 3. The van der Waals surface area contributed by atoms with E-state index in [9.17, 15) is 5.11 Å². The summed E-state index contributed by atoms with van der Waals surface area (Å²) in [7, 11) is 0. The number of guanidine groups is 1. The average Bonchev–Trinajstić information content (AvgIpc) is 2.79. The van der Waals surface area contributed by atoms with Crippen molar-refractivity contribution >= 4 is 35.6 Å². The Labute approximate surface area is 137 Å². The molecule has 0 radical (unpaired) electrons. The Morgan fingerprint density at radius 2 is 1.95 bits per heavy atom. The Kier molecular flexibility index (Phi) is 6.26. The predicted molar refractivity (Wildman–Crippen MR) is 94.9 cm³/mol. The van der Waals surface area contributed by atoms with Crippen molar-refractivity contribution < 1.29 is 5.11 Å². The lowest BCUT2D eigenvalue weighted by atomic mass is 10.0. The van der Waals surface area contributed by atoms with Crippen LogP contribution in [0.15, 0.2) is 23.2 Å². The number of nitrogens with one attached hydrogen (secondary N) is 1. The van der Waals surface area contributed by atoms with Crippen molar-refractivity contribution in [1.29, 1.82) is 0 Å². The molecule has 0 aromatic heterocycles. The second kappa shape index (κ2) is 7.26. The molecule has 20 heavy (non-hydrogen) atoms. The Morgan fingerprint density at radius 1 is 1.30 bits per heavy atom. The van der Waals surface area contributed by atoms with Crippen LogP contribution in [0.2, 0.25) is 0 Å². The van der Waals surface area contributed by atoms with Crippen LogP contribution in [0.25, 0.3) is 0 Å². The first-order chi connectivity index (χ1) is 8.98. The van der Waals surface area contributed by atoms with Gasteiger partial charge in [-0.3, -0.25) is 4.99 Å². The lowest BCUT2D eigenvalue weighted by Crippen LogP contribution is -2.31. The third-order valence-corrected chi connectivity index (χ3v) is 3.86. The van der Waals surface area contributed by atoms with Gasteiger partial charge in [0.25, 0.3) is 0 Å². The van der Waals surface area contributed by atoms with Crippen LogP contribution in [-0.4, -0.2) is 23.2 Å². The van der Waals surface area contributed by atoms with Crippen LogP contribution in [0, 0.1) is 13.8 Å². The minimum atomic E-state index is -0.643. The number of aryl methyl sites for hydroxylation is 2. The largest absolute Gasteiger partial charge is 0.388 e. The minimum absolute atomic E-state index is 0. The maximum Gasteiger partial charge on any atom is 0.193 e. The van der Waals surface area contributed by atoms with E-state index in [0.717, 1.165) is 31.4 Å². The first-order valence-corrected chi connectivity index (χ1v) is 6.85. The molecule has 2 rings (SSSR count). The van der Waals surface area contributed by atoms with E-state index < -0.39 is 5.60 Å². The highest BCUT2D eigenvalue weighted by Crippen LogP contribution is 2.29. The number of hydrogen-bond acceptors (Lipinski definition) is 2. The van der Waals surface area contributed by atoms with E-state index >= 15 is 0 Å². The van der Waals surface area contributed by atoms with E-state index in [-0.39, 0.29) is 24.0 Å². The lowest BCUT2D eigenvalue weighted by molar-refractivity contribution is 0.0575. The zero-order valence-electron chi connectivity index (χ0n) is 12.1. The first-order valence-electron chi connectivity index (χ1n) is 6.85. The molecule has 1 aromatic carbocycles. The van der Waals surface area contributed by atoms with E-state index in [4.69, 9.17) is 5.73 Å². The topological polar surface area (TPSA) is 70.6 Å². The molecule has 0 aliphatic heterocycles. The molecular formula is C15H24IN3O. The summed E-state index contributed by atoms with van der Waals surface area (Å²) in [5.74, 6) is 0.364. The Morgan fingerprint density at radius 3 is 2.55 bits per heavy atom. The number of nitrogens with zero attached hydrogens (tertiary/aromatic N) is 1. The fraction of sp³-hybridized carbons (Fsp3) is 0.533. The summed E-state index contributed by atoms with van der Waals surface area (Å²) in [6.07, 6.45) is 3.81. The third kappa shape index (κ3) is 4.63. The van der Waals surface area contributed by atoms with E-state index in [2.05, 4.69) is 30.2 Å². The summed E-state index contributed by atoms with van der Waals surface area (Å²) < 4.78 is 0. The van der Waals surface area contributed by atoms with E-state index in [0.29, 0.717) is 12.5 Å². The number of benzene rings is 1. The highest BCUT2D eigenvalue weighted by molar-refractivity contribution is 14.0. The molecule has 0 saturated heterocycles. The molecule has 0 unspecified atom stereocenters. The zero-order valence-corrected chi connectivity index (χ0v) is 14.5. The summed E-state index contributed by atoms with van der Waals surface area (Å²) >= 11 is 0. The van der Waals surface area contributed by atoms with Crippen molar-refractivity contribution in [1.82, 2.24) is 0 Å². The molecule has 4 nitrogen and oxygen atoms in total. The summed E-state index contributed by atoms with van der Waals surface area (Å²) in [6.45, 7) is 4.53. The van der Waals surface area contributed by atoms with Gasteiger partial charge in [-0.05, 0) is 49.9 Å². The number of halogens is 1. The van der Waals surface area contributed by atoms with Gasteiger partial charge in [-0.15, -0.1) is 24.0 Å². The number of nitrogens with two attached hydrogens (primary N) is 1. The summed E-state index contributed by atoms with van der Waals surface area (Å²) in [6, 6.07) is 6.08. The van der Waals surface area contributed by atoms with Crippen molar-refractivity contribution in [2.75, 3.05) is 11.9 Å².